The Bertz CT molecular complexity index is 1260. The van der Waals surface area contributed by atoms with Crippen LogP contribution in [0, 0.1) is 6.92 Å². The number of carbonyl (C=O) groups excluding carboxylic acids is 3. The van der Waals surface area contributed by atoms with Crippen LogP contribution in [-0.4, -0.2) is 35.1 Å². The van der Waals surface area contributed by atoms with Crippen LogP contribution in [0.1, 0.15) is 67.9 Å². The average Bonchev–Trinajstić information content (AvgIpc) is 3.20. The van der Waals surface area contributed by atoms with Gasteiger partial charge in [-0.3, -0.25) is 14.6 Å². The quantitative estimate of drug-likeness (QED) is 0.425. The maximum absolute atomic E-state index is 13.1. The second-order valence-corrected chi connectivity index (χ2v) is 7.67. The second kappa shape index (κ2) is 10.1. The van der Waals surface area contributed by atoms with E-state index in [0.29, 0.717) is 41.1 Å². The van der Waals surface area contributed by atoms with Gasteiger partial charge in [-0.1, -0.05) is 12.1 Å². The number of pyridine rings is 1. The van der Waals surface area contributed by atoms with E-state index >= 15 is 0 Å². The predicted octanol–water partition coefficient (Wildman–Crippen LogP) is 3.88. The average molecular weight is 460 g/mol. The van der Waals surface area contributed by atoms with E-state index < -0.39 is 11.9 Å². The Hall–Kier alpha value is -4.27. The van der Waals surface area contributed by atoms with Gasteiger partial charge in [0.1, 0.15) is 5.76 Å². The number of fused-ring (bicyclic) bond motifs is 1. The Morgan fingerprint density at radius 2 is 1.94 bits per heavy atom. The van der Waals surface area contributed by atoms with Crippen LogP contribution in [0.25, 0.3) is 0 Å². The molecule has 34 heavy (non-hydrogen) atoms. The molecular formula is C25H24N4O5. The van der Waals surface area contributed by atoms with Crippen molar-refractivity contribution >= 4 is 29.2 Å². The SMILES string of the molecule is CCOC(=O)c1ccccc1NC(=O)c1oc2c(c1C)/C(=N/NC(=O)c1cccnc1)CCC2. The molecule has 0 fully saturated rings. The van der Waals surface area contributed by atoms with Gasteiger partial charge in [0.2, 0.25) is 0 Å². The van der Waals surface area contributed by atoms with Gasteiger partial charge in [-0.2, -0.15) is 5.10 Å². The van der Waals surface area contributed by atoms with E-state index in [2.05, 4.69) is 20.8 Å². The lowest BCUT2D eigenvalue weighted by molar-refractivity contribution is 0.0527. The summed E-state index contributed by atoms with van der Waals surface area (Å²) >= 11 is 0. The molecule has 0 saturated heterocycles. The van der Waals surface area contributed by atoms with E-state index in [1.807, 2.05) is 0 Å². The van der Waals surface area contributed by atoms with Crippen molar-refractivity contribution in [2.45, 2.75) is 33.1 Å². The molecule has 4 rings (SSSR count). The molecule has 0 bridgehead atoms. The second-order valence-electron chi connectivity index (χ2n) is 7.67. The van der Waals surface area contributed by atoms with Gasteiger partial charge in [-0.25, -0.2) is 10.2 Å². The molecule has 174 valence electrons. The van der Waals surface area contributed by atoms with Crippen molar-refractivity contribution in [1.82, 2.24) is 10.4 Å². The van der Waals surface area contributed by atoms with E-state index in [9.17, 15) is 14.4 Å². The summed E-state index contributed by atoms with van der Waals surface area (Å²) in [6, 6.07) is 9.95. The fourth-order valence-electron chi connectivity index (χ4n) is 3.83. The summed E-state index contributed by atoms with van der Waals surface area (Å²) < 4.78 is 11.0. The number of anilines is 1. The Morgan fingerprint density at radius 1 is 1.12 bits per heavy atom. The number of aromatic nitrogens is 1. The van der Waals surface area contributed by atoms with E-state index in [1.54, 1.807) is 56.4 Å². The summed E-state index contributed by atoms with van der Waals surface area (Å²) in [5, 5.41) is 7.07. The molecule has 9 heteroatoms. The first kappa shape index (κ1) is 22.9. The molecular weight excluding hydrogens is 436 g/mol. The Balaban J connectivity index is 1.57. The van der Waals surface area contributed by atoms with Gasteiger partial charge in [0.05, 0.1) is 29.1 Å². The van der Waals surface area contributed by atoms with E-state index in [0.717, 1.165) is 12.0 Å². The topological polar surface area (TPSA) is 123 Å². The van der Waals surface area contributed by atoms with Crippen LogP contribution in [0.4, 0.5) is 5.69 Å². The molecule has 2 N–H and O–H groups in total. The summed E-state index contributed by atoms with van der Waals surface area (Å²) in [7, 11) is 0. The minimum absolute atomic E-state index is 0.136. The third kappa shape index (κ3) is 4.73. The summed E-state index contributed by atoms with van der Waals surface area (Å²) in [6.07, 6.45) is 5.10. The monoisotopic (exact) mass is 460 g/mol. The van der Waals surface area contributed by atoms with Crippen LogP contribution < -0.4 is 10.7 Å². The highest BCUT2D eigenvalue weighted by atomic mass is 16.5. The Morgan fingerprint density at radius 3 is 2.71 bits per heavy atom. The number of nitrogens with one attached hydrogen (secondary N) is 2. The number of para-hydroxylation sites is 1. The molecule has 2 amide bonds. The van der Waals surface area contributed by atoms with Gasteiger partial charge in [0.15, 0.2) is 5.76 Å². The molecule has 1 aliphatic rings. The largest absolute Gasteiger partial charge is 0.462 e. The van der Waals surface area contributed by atoms with Gasteiger partial charge in [-0.15, -0.1) is 0 Å². The molecule has 0 aliphatic heterocycles. The maximum atomic E-state index is 13.1. The van der Waals surface area contributed by atoms with Crippen molar-refractivity contribution in [2.24, 2.45) is 5.10 Å². The summed E-state index contributed by atoms with van der Waals surface area (Å²) in [5.74, 6) is -0.601. The fourth-order valence-corrected chi connectivity index (χ4v) is 3.83. The van der Waals surface area contributed by atoms with Crippen LogP contribution in [-0.2, 0) is 11.2 Å². The molecule has 0 spiro atoms. The zero-order chi connectivity index (χ0) is 24.1. The first-order valence-electron chi connectivity index (χ1n) is 11.0. The molecule has 0 saturated carbocycles. The molecule has 0 atom stereocenters. The van der Waals surface area contributed by atoms with Gasteiger partial charge < -0.3 is 14.5 Å². The predicted molar refractivity (Wildman–Crippen MR) is 125 cm³/mol. The smallest absolute Gasteiger partial charge is 0.340 e. The maximum Gasteiger partial charge on any atom is 0.340 e. The van der Waals surface area contributed by atoms with Gasteiger partial charge >= 0.3 is 5.97 Å². The number of amides is 2. The Labute approximate surface area is 196 Å². The van der Waals surface area contributed by atoms with Crippen molar-refractivity contribution in [2.75, 3.05) is 11.9 Å². The molecule has 1 aromatic carbocycles. The summed E-state index contributed by atoms with van der Waals surface area (Å²) in [5.41, 5.74) is 5.53. The van der Waals surface area contributed by atoms with Crippen LogP contribution >= 0.6 is 0 Å². The standard InChI is InChI=1S/C25H24N4O5/c1-3-33-25(32)17-9-4-5-10-18(17)27-24(31)22-15(2)21-19(11-6-12-20(21)34-22)28-29-23(30)16-8-7-13-26-14-16/h4-5,7-10,13-14H,3,6,11-12H2,1-2H3,(H,27,31)(H,29,30)/b28-19+. The number of ether oxygens (including phenoxy) is 1. The number of benzene rings is 1. The van der Waals surface area contributed by atoms with Crippen molar-refractivity contribution in [3.8, 4) is 0 Å². The van der Waals surface area contributed by atoms with Gasteiger partial charge in [0.25, 0.3) is 11.8 Å². The molecule has 2 aromatic heterocycles. The van der Waals surface area contributed by atoms with Crippen LogP contribution in [0.3, 0.4) is 0 Å². The van der Waals surface area contributed by atoms with Gasteiger partial charge in [-0.05, 0) is 51.0 Å². The number of esters is 1. The number of furan rings is 1. The zero-order valence-corrected chi connectivity index (χ0v) is 18.9. The lowest BCUT2D eigenvalue weighted by Crippen LogP contribution is -2.22. The minimum atomic E-state index is -0.521. The highest BCUT2D eigenvalue weighted by Gasteiger charge is 2.28. The first-order chi connectivity index (χ1) is 16.5. The normalized spacial score (nSPS) is 13.8. The molecule has 9 nitrogen and oxygen atoms in total. The highest BCUT2D eigenvalue weighted by molar-refractivity contribution is 6.11. The molecule has 1 aliphatic carbocycles. The number of hydrazone groups is 1. The number of hydrogen-bond acceptors (Lipinski definition) is 7. The van der Waals surface area contributed by atoms with Crippen LogP contribution in [0.5, 0.6) is 0 Å². The van der Waals surface area contributed by atoms with Crippen LogP contribution in [0.2, 0.25) is 0 Å². The number of hydrogen-bond donors (Lipinski definition) is 2. The van der Waals surface area contributed by atoms with Crippen molar-refractivity contribution < 1.29 is 23.5 Å². The Kier molecular flexibility index (Phi) is 6.82. The van der Waals surface area contributed by atoms with Crippen molar-refractivity contribution in [3.63, 3.8) is 0 Å². The number of aryl methyl sites for hydroxylation is 1. The lowest BCUT2D eigenvalue weighted by Gasteiger charge is -2.13. The third-order valence-corrected chi connectivity index (χ3v) is 5.42. The van der Waals surface area contributed by atoms with E-state index in [-0.39, 0.29) is 23.8 Å². The highest BCUT2D eigenvalue weighted by Crippen LogP contribution is 2.30. The summed E-state index contributed by atoms with van der Waals surface area (Å²) in [6.45, 7) is 3.72. The molecule has 0 unspecified atom stereocenters. The summed E-state index contributed by atoms with van der Waals surface area (Å²) in [4.78, 5) is 41.6. The lowest BCUT2D eigenvalue weighted by atomic mass is 9.93. The van der Waals surface area contributed by atoms with Crippen molar-refractivity contribution in [3.05, 3.63) is 82.6 Å². The van der Waals surface area contributed by atoms with Crippen LogP contribution in [0.15, 0.2) is 58.3 Å². The minimum Gasteiger partial charge on any atom is -0.462 e. The number of carbonyl (C=O) groups is 3. The molecule has 3 aromatic rings. The zero-order valence-electron chi connectivity index (χ0n) is 18.9. The van der Waals surface area contributed by atoms with E-state index in [1.165, 1.54) is 6.20 Å². The van der Waals surface area contributed by atoms with E-state index in [4.69, 9.17) is 9.15 Å². The number of rotatable bonds is 6. The van der Waals surface area contributed by atoms with Crippen molar-refractivity contribution in [1.29, 1.82) is 0 Å². The fraction of sp³-hybridized carbons (Fsp3) is 0.240. The third-order valence-electron chi connectivity index (χ3n) is 5.42. The molecule has 0 radical (unpaired) electrons. The molecule has 2 heterocycles. The number of nitrogens with zero attached hydrogens (tertiary/aromatic N) is 2. The first-order valence-corrected chi connectivity index (χ1v) is 11.0. The van der Waals surface area contributed by atoms with Gasteiger partial charge in [0, 0.05) is 29.9 Å².